The first kappa shape index (κ1) is 11.7. The zero-order chi connectivity index (χ0) is 9.40. The minimum absolute atomic E-state index is 0.247. The summed E-state index contributed by atoms with van der Waals surface area (Å²) in [7, 11) is 0. The Morgan fingerprint density at radius 3 is 2.67 bits per heavy atom. The molecule has 0 aromatic carbocycles. The molecule has 74 valence electrons. The van der Waals surface area contributed by atoms with Crippen LogP contribution in [0.5, 0.6) is 0 Å². The van der Waals surface area contributed by atoms with Crippen LogP contribution in [0.1, 0.15) is 6.92 Å². The number of hydrogen-bond donors (Lipinski definition) is 2. The highest BCUT2D eigenvalue weighted by Gasteiger charge is 2.00. The molecule has 3 nitrogen and oxygen atoms in total. The van der Waals surface area contributed by atoms with E-state index in [1.807, 2.05) is 0 Å². The normalized spacial score (nSPS) is 13.8. The molecule has 0 aromatic rings. The van der Waals surface area contributed by atoms with E-state index in [1.165, 1.54) is 0 Å². The summed E-state index contributed by atoms with van der Waals surface area (Å²) in [6.45, 7) is 2.32. The smallest absolute Gasteiger partial charge is 0.261 e. The van der Waals surface area contributed by atoms with Crippen molar-refractivity contribution in [3.63, 3.8) is 0 Å². The zero-order valence-electron chi connectivity index (χ0n) is 7.09. The maximum absolute atomic E-state index is 11.5. The summed E-state index contributed by atoms with van der Waals surface area (Å²) in [6.07, 6.45) is -2.82. The highest BCUT2D eigenvalue weighted by molar-refractivity contribution is 4.51. The first-order valence-electron chi connectivity index (χ1n) is 3.87. The number of nitrogens with one attached hydrogen (secondary N) is 1. The third-order valence-corrected chi connectivity index (χ3v) is 1.11. The van der Waals surface area contributed by atoms with E-state index in [2.05, 4.69) is 10.1 Å². The highest BCUT2D eigenvalue weighted by Crippen LogP contribution is 1.91. The van der Waals surface area contributed by atoms with Gasteiger partial charge in [0.05, 0.1) is 12.7 Å². The van der Waals surface area contributed by atoms with Gasteiger partial charge in [-0.25, -0.2) is 8.78 Å². The molecule has 1 atom stereocenters. The summed E-state index contributed by atoms with van der Waals surface area (Å²) in [5.41, 5.74) is 0. The van der Waals surface area contributed by atoms with Crippen molar-refractivity contribution < 1.29 is 18.6 Å². The molecule has 0 amide bonds. The van der Waals surface area contributed by atoms with Gasteiger partial charge in [0.15, 0.2) is 0 Å². The molecule has 0 bridgehead atoms. The Labute approximate surface area is 70.7 Å². The molecule has 12 heavy (non-hydrogen) atoms. The molecule has 0 saturated heterocycles. The summed E-state index contributed by atoms with van der Waals surface area (Å²) in [6, 6.07) is 0. The van der Waals surface area contributed by atoms with Crippen LogP contribution in [-0.2, 0) is 4.74 Å². The molecule has 0 aliphatic heterocycles. The van der Waals surface area contributed by atoms with Crippen molar-refractivity contribution >= 4 is 0 Å². The van der Waals surface area contributed by atoms with Crippen LogP contribution in [0.4, 0.5) is 8.78 Å². The molecule has 0 aromatic heterocycles. The molecule has 0 rings (SSSR count). The Hall–Kier alpha value is -0.260. The largest absolute Gasteiger partial charge is 0.392 e. The van der Waals surface area contributed by atoms with Crippen molar-refractivity contribution in [1.82, 2.24) is 5.32 Å². The lowest BCUT2D eigenvalue weighted by Crippen LogP contribution is -2.28. The van der Waals surface area contributed by atoms with E-state index < -0.39 is 19.1 Å². The van der Waals surface area contributed by atoms with Crippen molar-refractivity contribution in [2.45, 2.75) is 19.5 Å². The lowest BCUT2D eigenvalue weighted by atomic mass is 10.4. The van der Waals surface area contributed by atoms with Gasteiger partial charge in [-0.15, -0.1) is 0 Å². The van der Waals surface area contributed by atoms with Crippen LogP contribution in [0.2, 0.25) is 0 Å². The summed E-state index contributed by atoms with van der Waals surface area (Å²) in [5, 5.41) is 11.6. The molecular formula is C7H15F2NO2. The van der Waals surface area contributed by atoms with Crippen LogP contribution < -0.4 is 5.32 Å². The fraction of sp³-hybridized carbons (Fsp3) is 1.00. The van der Waals surface area contributed by atoms with E-state index in [4.69, 9.17) is 5.11 Å². The highest BCUT2D eigenvalue weighted by atomic mass is 19.3. The maximum atomic E-state index is 11.5. The fourth-order valence-electron chi connectivity index (χ4n) is 0.628. The third-order valence-electron chi connectivity index (χ3n) is 1.11. The molecule has 0 fully saturated rings. The van der Waals surface area contributed by atoms with Gasteiger partial charge in [-0.1, -0.05) is 0 Å². The monoisotopic (exact) mass is 183 g/mol. The number of rotatable bonds is 7. The minimum atomic E-state index is -2.40. The molecule has 2 N–H and O–H groups in total. The van der Waals surface area contributed by atoms with Crippen molar-refractivity contribution in [3.05, 3.63) is 0 Å². The number of ether oxygens (including phenoxy) is 1. The molecular weight excluding hydrogens is 168 g/mol. The van der Waals surface area contributed by atoms with Crippen LogP contribution >= 0.6 is 0 Å². The van der Waals surface area contributed by atoms with Gasteiger partial charge in [-0.3, -0.25) is 0 Å². The van der Waals surface area contributed by atoms with E-state index in [-0.39, 0.29) is 6.61 Å². The molecule has 0 saturated carbocycles. The Balaban J connectivity index is 2.91. The molecule has 5 heteroatoms. The first-order chi connectivity index (χ1) is 5.63. The van der Waals surface area contributed by atoms with Crippen LogP contribution in [0.25, 0.3) is 0 Å². The van der Waals surface area contributed by atoms with E-state index in [1.54, 1.807) is 6.92 Å². The molecule has 1 unspecified atom stereocenters. The Morgan fingerprint density at radius 2 is 2.17 bits per heavy atom. The Bertz CT molecular complexity index is 89.4. The van der Waals surface area contributed by atoms with Gasteiger partial charge >= 0.3 is 0 Å². The third kappa shape index (κ3) is 9.74. The summed E-state index contributed by atoms with van der Waals surface area (Å²) in [5.74, 6) is 0. The van der Waals surface area contributed by atoms with E-state index in [0.29, 0.717) is 13.1 Å². The number of aliphatic hydroxyl groups excluding tert-OH is 1. The lowest BCUT2D eigenvalue weighted by Gasteiger charge is -2.06. The van der Waals surface area contributed by atoms with Crippen LogP contribution in [0.15, 0.2) is 0 Å². The van der Waals surface area contributed by atoms with Crippen LogP contribution in [-0.4, -0.2) is 43.9 Å². The average Bonchev–Trinajstić information content (AvgIpc) is 1.95. The van der Waals surface area contributed by atoms with Gasteiger partial charge in [0.25, 0.3) is 6.43 Å². The van der Waals surface area contributed by atoms with Gasteiger partial charge in [0.1, 0.15) is 6.61 Å². The molecule has 0 spiro atoms. The lowest BCUT2D eigenvalue weighted by molar-refractivity contribution is 0.0182. The number of aliphatic hydroxyl groups is 1. The summed E-state index contributed by atoms with van der Waals surface area (Å²) < 4.78 is 27.6. The van der Waals surface area contributed by atoms with E-state index in [9.17, 15) is 8.78 Å². The Kier molecular flexibility index (Phi) is 7.23. The molecule has 0 radical (unpaired) electrons. The van der Waals surface area contributed by atoms with Gasteiger partial charge in [-0.2, -0.15) is 0 Å². The topological polar surface area (TPSA) is 41.5 Å². The minimum Gasteiger partial charge on any atom is -0.392 e. The predicted molar refractivity (Wildman–Crippen MR) is 41.4 cm³/mol. The van der Waals surface area contributed by atoms with E-state index >= 15 is 0 Å². The summed E-state index contributed by atoms with van der Waals surface area (Å²) >= 11 is 0. The average molecular weight is 183 g/mol. The maximum Gasteiger partial charge on any atom is 0.261 e. The summed E-state index contributed by atoms with van der Waals surface area (Å²) in [4.78, 5) is 0. The molecule has 0 aliphatic carbocycles. The second-order valence-electron chi connectivity index (χ2n) is 2.52. The second-order valence-corrected chi connectivity index (χ2v) is 2.52. The van der Waals surface area contributed by atoms with Crippen molar-refractivity contribution in [1.29, 1.82) is 0 Å². The standard InChI is InChI=1S/C7H15F2NO2/c1-6(11)4-10-2-3-12-5-7(8)9/h6-7,10-11H,2-5H2,1H3. The van der Waals surface area contributed by atoms with E-state index in [0.717, 1.165) is 0 Å². The quantitative estimate of drug-likeness (QED) is 0.555. The second kappa shape index (κ2) is 7.39. The SMILES string of the molecule is CC(O)CNCCOCC(F)F. The van der Waals surface area contributed by atoms with Gasteiger partial charge in [-0.05, 0) is 6.92 Å². The number of hydrogen-bond acceptors (Lipinski definition) is 3. The fourth-order valence-corrected chi connectivity index (χ4v) is 0.628. The van der Waals surface area contributed by atoms with Crippen LogP contribution in [0.3, 0.4) is 0 Å². The molecule has 0 heterocycles. The first-order valence-corrected chi connectivity index (χ1v) is 3.87. The zero-order valence-corrected chi connectivity index (χ0v) is 7.09. The van der Waals surface area contributed by atoms with Crippen molar-refractivity contribution in [3.8, 4) is 0 Å². The molecule has 0 aliphatic rings. The van der Waals surface area contributed by atoms with Gasteiger partial charge < -0.3 is 15.2 Å². The van der Waals surface area contributed by atoms with Gasteiger partial charge in [0.2, 0.25) is 0 Å². The number of halogens is 2. The van der Waals surface area contributed by atoms with Gasteiger partial charge in [0, 0.05) is 13.1 Å². The van der Waals surface area contributed by atoms with Crippen LogP contribution in [0, 0.1) is 0 Å². The predicted octanol–water partition coefficient (Wildman–Crippen LogP) is 0.238. The van der Waals surface area contributed by atoms with Crippen molar-refractivity contribution in [2.75, 3.05) is 26.3 Å². The Morgan fingerprint density at radius 1 is 1.50 bits per heavy atom. The van der Waals surface area contributed by atoms with Crippen molar-refractivity contribution in [2.24, 2.45) is 0 Å². The number of alkyl halides is 2.